The number of aliphatic hydroxyl groups excluding tert-OH is 3. The van der Waals surface area contributed by atoms with Crippen LogP contribution in [0.4, 0.5) is 17.1 Å². The third kappa shape index (κ3) is 18.1. The number of benzene rings is 3. The van der Waals surface area contributed by atoms with Crippen LogP contribution in [-0.4, -0.2) is 172 Å². The van der Waals surface area contributed by atoms with Crippen molar-refractivity contribution in [3.63, 3.8) is 0 Å². The summed E-state index contributed by atoms with van der Waals surface area (Å²) in [6.07, 6.45) is 18.2. The molecule has 0 spiro atoms. The summed E-state index contributed by atoms with van der Waals surface area (Å²) in [6, 6.07) is 28.0. The Morgan fingerprint density at radius 1 is 0.573 bits per heavy atom. The summed E-state index contributed by atoms with van der Waals surface area (Å²) in [4.78, 5) is 95.5. The summed E-state index contributed by atoms with van der Waals surface area (Å²) in [6.45, 7) is 38.5. The van der Waals surface area contributed by atoms with Gasteiger partial charge in [0, 0.05) is 98.2 Å². The van der Waals surface area contributed by atoms with E-state index in [0.29, 0.717) is 128 Å². The second-order valence-corrected chi connectivity index (χ2v) is 27.1. The Kier molecular flexibility index (Phi) is 25.6. The van der Waals surface area contributed by atoms with Gasteiger partial charge < -0.3 is 33.8 Å². The number of aliphatic hydroxyl groups is 3. The van der Waals surface area contributed by atoms with Gasteiger partial charge in [0.1, 0.15) is 5.78 Å². The van der Waals surface area contributed by atoms with E-state index >= 15 is 0 Å². The Morgan fingerprint density at radius 2 is 1.03 bits per heavy atom. The number of fused-ring (bicyclic) bond motifs is 3. The molecule has 3 saturated heterocycles. The lowest BCUT2D eigenvalue weighted by Crippen LogP contribution is -2.48. The number of terminal acetylenes is 1. The quantitative estimate of drug-likeness (QED) is 0.0178. The summed E-state index contributed by atoms with van der Waals surface area (Å²) in [7, 11) is 0. The predicted octanol–water partition coefficient (Wildman–Crippen LogP) is 13.6. The maximum Gasteiger partial charge on any atom is 0.306 e. The molecule has 0 unspecified atom stereocenters. The van der Waals surface area contributed by atoms with Crippen LogP contribution in [0.25, 0.3) is 64.7 Å². The molecule has 21 nitrogen and oxygen atoms in total. The minimum absolute atomic E-state index is 0.00261. The van der Waals surface area contributed by atoms with E-state index in [1.165, 1.54) is 6.42 Å². The molecule has 3 aliphatic heterocycles. The molecular weight excluding hydrogens is 1300 g/mol. The van der Waals surface area contributed by atoms with E-state index in [0.717, 1.165) is 106 Å². The molecular formula is C82H90N12O9. The minimum Gasteiger partial charge on any atom is -0.466 e. The second kappa shape index (κ2) is 35.0. The molecule has 103 heavy (non-hydrogen) atoms. The first-order valence-electron chi connectivity index (χ1n) is 35.6. The van der Waals surface area contributed by atoms with Gasteiger partial charge in [-0.2, -0.15) is 0 Å². The summed E-state index contributed by atoms with van der Waals surface area (Å²) in [5.41, 5.74) is 15.8. The number of hydrogen-bond acceptors (Lipinski definition) is 15. The van der Waals surface area contributed by atoms with Crippen LogP contribution in [0.5, 0.6) is 0 Å². The van der Waals surface area contributed by atoms with E-state index in [1.807, 2.05) is 108 Å². The largest absolute Gasteiger partial charge is 0.466 e. The Hall–Kier alpha value is -10.3. The number of rotatable bonds is 23. The molecule has 21 heteroatoms. The van der Waals surface area contributed by atoms with Crippen LogP contribution in [0.1, 0.15) is 162 Å². The molecule has 9 aromatic rings. The zero-order valence-electron chi connectivity index (χ0n) is 59.7. The Bertz CT molecular complexity index is 4740. The lowest BCUT2D eigenvalue weighted by atomic mass is 9.99. The highest BCUT2D eigenvalue weighted by Crippen LogP contribution is 2.36. The number of β-amino-alcohol motifs (C(OH)–C–C–N with tert-alkyl or cyclic N) is 1. The van der Waals surface area contributed by atoms with Gasteiger partial charge in [-0.25, -0.2) is 14.5 Å². The second-order valence-electron chi connectivity index (χ2n) is 27.1. The van der Waals surface area contributed by atoms with Crippen molar-refractivity contribution in [1.82, 2.24) is 43.4 Å². The van der Waals surface area contributed by atoms with Crippen LogP contribution < -0.4 is 0 Å². The Balaban J connectivity index is 0.000000167. The van der Waals surface area contributed by atoms with Crippen LogP contribution in [0.15, 0.2) is 110 Å². The van der Waals surface area contributed by atoms with E-state index in [-0.39, 0.29) is 67.2 Å². The zero-order valence-corrected chi connectivity index (χ0v) is 59.7. The highest BCUT2D eigenvalue weighted by molar-refractivity contribution is 6.11. The van der Waals surface area contributed by atoms with Gasteiger partial charge in [-0.05, 0) is 176 Å². The number of aryl methyl sites for hydroxylation is 2. The molecule has 532 valence electrons. The van der Waals surface area contributed by atoms with Crippen molar-refractivity contribution in [2.75, 3.05) is 65.5 Å². The lowest BCUT2D eigenvalue weighted by Gasteiger charge is -2.32. The first-order valence-corrected chi connectivity index (χ1v) is 35.6. The molecule has 3 fully saturated rings. The zero-order chi connectivity index (χ0) is 73.4. The summed E-state index contributed by atoms with van der Waals surface area (Å²) in [5, 5.41) is 29.5. The van der Waals surface area contributed by atoms with E-state index in [2.05, 4.69) is 35.2 Å². The van der Waals surface area contributed by atoms with Gasteiger partial charge in [0.15, 0.2) is 34.4 Å². The van der Waals surface area contributed by atoms with E-state index in [4.69, 9.17) is 40.8 Å². The molecule has 0 bridgehead atoms. The van der Waals surface area contributed by atoms with Crippen molar-refractivity contribution in [1.29, 1.82) is 0 Å². The third-order valence-corrected chi connectivity index (χ3v) is 19.7. The highest BCUT2D eigenvalue weighted by atomic mass is 16.5. The fourth-order valence-electron chi connectivity index (χ4n) is 14.1. The molecule has 0 radical (unpaired) electrons. The van der Waals surface area contributed by atoms with Crippen molar-refractivity contribution < 1.29 is 44.0 Å². The number of ether oxygens (including phenoxy) is 1. The van der Waals surface area contributed by atoms with Gasteiger partial charge in [-0.15, -0.1) is 12.3 Å². The fourth-order valence-corrected chi connectivity index (χ4v) is 14.1. The maximum absolute atomic E-state index is 13.6. The molecule has 3 aromatic carbocycles. The molecule has 3 atom stereocenters. The number of nitrogens with zero attached hydrogens (tertiary/aromatic N) is 12. The number of piperidine rings is 3. The number of carbonyl (C=O) groups excluding carboxylic acids is 5. The van der Waals surface area contributed by atoms with Gasteiger partial charge >= 0.3 is 5.97 Å². The van der Waals surface area contributed by atoms with Gasteiger partial charge in [-0.3, -0.25) is 53.6 Å². The first kappa shape index (κ1) is 75.3. The number of carbonyl (C=O) groups is 5. The summed E-state index contributed by atoms with van der Waals surface area (Å²) in [5.74, 6) is 2.52. The van der Waals surface area contributed by atoms with Gasteiger partial charge in [0.25, 0.3) is 0 Å². The molecule has 3 N–H and O–H groups in total. The van der Waals surface area contributed by atoms with E-state index in [1.54, 1.807) is 61.9 Å². The number of Topliss-reactive ketones (excluding diaryl/α,β-unsaturated/α-hetero) is 4. The number of aromatic nitrogens is 6. The Morgan fingerprint density at radius 3 is 1.51 bits per heavy atom. The average molecular weight is 1390 g/mol. The van der Waals surface area contributed by atoms with Crippen molar-refractivity contribution in [3.8, 4) is 29.4 Å². The maximum atomic E-state index is 13.6. The first-order chi connectivity index (χ1) is 49.7. The minimum atomic E-state index is -0.837. The van der Waals surface area contributed by atoms with Crippen molar-refractivity contribution in [3.05, 3.63) is 194 Å². The number of pyridine rings is 3. The summed E-state index contributed by atoms with van der Waals surface area (Å²) >= 11 is 0. The monoisotopic (exact) mass is 1390 g/mol. The normalized spacial score (nSPS) is 16.1. The van der Waals surface area contributed by atoms with Crippen LogP contribution in [0.2, 0.25) is 0 Å². The predicted molar refractivity (Wildman–Crippen MR) is 399 cm³/mol. The Labute approximate surface area is 602 Å². The van der Waals surface area contributed by atoms with Crippen LogP contribution >= 0.6 is 0 Å². The number of likely N-dealkylation sites (tertiary alicyclic amines) is 3. The van der Waals surface area contributed by atoms with Crippen molar-refractivity contribution in [2.24, 2.45) is 0 Å². The highest BCUT2D eigenvalue weighted by Gasteiger charge is 2.32. The lowest BCUT2D eigenvalue weighted by molar-refractivity contribution is -0.143. The number of unbranched alkanes of at least 4 members (excludes halogenated alkanes) is 2. The molecule has 12 rings (SSSR count). The van der Waals surface area contributed by atoms with Crippen LogP contribution in [0, 0.1) is 59.8 Å². The standard InChI is InChI=1S/C31H34N4O3.C28H32N4O3.C23H24N4O3/c1-4-5-6-7-8-26(36)14-9-23-19-28-31(33-20-23)30(29(38)21-34-17-15-27(37)16-18-34)22(2)35(28)25-12-10-24(32-3)11-13-25;1-5-35-26(34)15-19(2)21-16-24-28(30-17-21)27(25(33)18-31-13-7-6-8-14-31)20(3)32(24)23-11-9-22(29-4)10-12-23;1-14-10-18-23(25-11-14)22(21(30)13-26-9-8-19(28)20(29)12-26)15(2)27(18)17-6-4-16(24-3)5-7-17/h1,10-13,19-20,27,37H,5-9,14-18,21H2,2H3;9-12,16-17,19H,5-8,13-15,18H2,1-3H3;4-7,10-11,19-20,28-29H,8-9,12-13H2,1-2H3/t;19-;19-,20+/m.11/s1. The van der Waals surface area contributed by atoms with E-state index < -0.39 is 12.2 Å². The average Bonchev–Trinajstić information content (AvgIpc) is 1.62. The molecule has 6 aromatic heterocycles. The fraction of sp³-hybridized carbons (Fsp3) is 0.402. The number of hydrogen-bond donors (Lipinski definition) is 3. The number of esters is 1. The van der Waals surface area contributed by atoms with Crippen LogP contribution in [-0.2, 0) is 20.7 Å². The molecule has 9 heterocycles. The molecule has 0 amide bonds. The van der Waals surface area contributed by atoms with Gasteiger partial charge in [0.05, 0.1) is 120 Å². The summed E-state index contributed by atoms with van der Waals surface area (Å²) < 4.78 is 11.2. The topological polar surface area (TPSA) is 232 Å². The van der Waals surface area contributed by atoms with Gasteiger partial charge in [0.2, 0.25) is 0 Å². The van der Waals surface area contributed by atoms with E-state index in [9.17, 15) is 39.3 Å². The molecule has 0 aliphatic carbocycles. The van der Waals surface area contributed by atoms with Crippen molar-refractivity contribution >= 4 is 79.3 Å². The smallest absolute Gasteiger partial charge is 0.306 e. The van der Waals surface area contributed by atoms with Crippen molar-refractivity contribution in [2.45, 2.75) is 149 Å². The van der Waals surface area contributed by atoms with Gasteiger partial charge in [-0.1, -0.05) is 49.7 Å². The van der Waals surface area contributed by atoms with Crippen LogP contribution in [0.3, 0.4) is 0 Å². The SMILES string of the molecule is [C-]#[N+]c1ccc(-n2c(C)c(C(=O)CN3CCC(O)CC3)c3ncc(CCC(=O)CCCCC#C)cc32)cc1.[C-]#[N+]c1ccc(-n2c(C)c(C(=O)CN3CCCCC3)c3ncc([C@H](C)CC(=O)OCC)cc32)cc1.[C-]#[N+]c1ccc(-n2c(C)c(C(=O)CN3CC[C@@H](O)[C@@H](O)C3)c3ncc(C)cc32)cc1. The third-order valence-electron chi connectivity index (χ3n) is 19.7. The number of ketones is 4. The molecule has 0 saturated carbocycles. The molecule has 3 aliphatic rings.